The maximum atomic E-state index is 12.9. The van der Waals surface area contributed by atoms with Crippen LogP contribution in [0.2, 0.25) is 0 Å². The standard InChI is InChI=1S/C12H16F2O/c1-3-4-12(15)8(2)9-5-6-10(13)11(14)7-9/h5-8,12,15H,3-4H2,1-2H3. The van der Waals surface area contributed by atoms with E-state index in [1.165, 1.54) is 6.07 Å². The van der Waals surface area contributed by atoms with E-state index in [9.17, 15) is 13.9 Å². The first-order valence-corrected chi connectivity index (χ1v) is 5.19. The number of aliphatic hydroxyl groups excluding tert-OH is 1. The van der Waals surface area contributed by atoms with Crippen LogP contribution in [0.3, 0.4) is 0 Å². The molecule has 0 radical (unpaired) electrons. The maximum absolute atomic E-state index is 12.9. The molecule has 1 N–H and O–H groups in total. The maximum Gasteiger partial charge on any atom is 0.159 e. The second-order valence-electron chi connectivity index (χ2n) is 3.82. The average Bonchev–Trinajstić information content (AvgIpc) is 2.21. The summed E-state index contributed by atoms with van der Waals surface area (Å²) < 4.78 is 25.6. The van der Waals surface area contributed by atoms with Crippen LogP contribution >= 0.6 is 0 Å². The summed E-state index contributed by atoms with van der Waals surface area (Å²) in [6, 6.07) is 3.76. The SMILES string of the molecule is CCCC(O)C(C)c1ccc(F)c(F)c1. The van der Waals surface area contributed by atoms with Crippen molar-refractivity contribution < 1.29 is 13.9 Å². The molecule has 3 heteroatoms. The van der Waals surface area contributed by atoms with Gasteiger partial charge < -0.3 is 5.11 Å². The highest BCUT2D eigenvalue weighted by atomic mass is 19.2. The third-order valence-electron chi connectivity index (χ3n) is 2.63. The van der Waals surface area contributed by atoms with Gasteiger partial charge in [0.25, 0.3) is 0 Å². The zero-order valence-electron chi connectivity index (χ0n) is 9.00. The van der Waals surface area contributed by atoms with Gasteiger partial charge in [0, 0.05) is 5.92 Å². The van der Waals surface area contributed by atoms with Crippen molar-refractivity contribution >= 4 is 0 Å². The Balaban J connectivity index is 2.81. The van der Waals surface area contributed by atoms with E-state index in [2.05, 4.69) is 0 Å². The van der Waals surface area contributed by atoms with Crippen molar-refractivity contribution in [3.63, 3.8) is 0 Å². The van der Waals surface area contributed by atoms with Crippen LogP contribution in [0.5, 0.6) is 0 Å². The zero-order valence-corrected chi connectivity index (χ0v) is 9.00. The lowest BCUT2D eigenvalue weighted by Gasteiger charge is -2.18. The van der Waals surface area contributed by atoms with Crippen molar-refractivity contribution in [2.45, 2.75) is 38.7 Å². The lowest BCUT2D eigenvalue weighted by atomic mass is 9.93. The third kappa shape index (κ3) is 2.99. The van der Waals surface area contributed by atoms with Crippen LogP contribution in [0.25, 0.3) is 0 Å². The highest BCUT2D eigenvalue weighted by Crippen LogP contribution is 2.23. The lowest BCUT2D eigenvalue weighted by Crippen LogP contribution is -2.15. The second-order valence-corrected chi connectivity index (χ2v) is 3.82. The Hall–Kier alpha value is -0.960. The van der Waals surface area contributed by atoms with Gasteiger partial charge in [-0.2, -0.15) is 0 Å². The number of hydrogen-bond acceptors (Lipinski definition) is 1. The van der Waals surface area contributed by atoms with Gasteiger partial charge in [-0.3, -0.25) is 0 Å². The predicted molar refractivity (Wildman–Crippen MR) is 55.7 cm³/mol. The molecule has 84 valence electrons. The first-order chi connectivity index (χ1) is 7.06. The number of hydrogen-bond donors (Lipinski definition) is 1. The smallest absolute Gasteiger partial charge is 0.159 e. The lowest BCUT2D eigenvalue weighted by molar-refractivity contribution is 0.138. The van der Waals surface area contributed by atoms with E-state index < -0.39 is 17.7 Å². The first kappa shape index (κ1) is 12.1. The summed E-state index contributed by atoms with van der Waals surface area (Å²) in [6.45, 7) is 3.79. The summed E-state index contributed by atoms with van der Waals surface area (Å²) in [5.74, 6) is -1.88. The number of benzene rings is 1. The molecule has 0 bridgehead atoms. The van der Waals surface area contributed by atoms with Gasteiger partial charge in [-0.05, 0) is 24.1 Å². The Morgan fingerprint density at radius 3 is 2.47 bits per heavy atom. The van der Waals surface area contributed by atoms with E-state index >= 15 is 0 Å². The summed E-state index contributed by atoms with van der Waals surface area (Å²) >= 11 is 0. The van der Waals surface area contributed by atoms with Gasteiger partial charge in [-0.15, -0.1) is 0 Å². The molecule has 1 aromatic rings. The van der Waals surface area contributed by atoms with Crippen LogP contribution in [0.15, 0.2) is 18.2 Å². The molecular formula is C12H16F2O. The van der Waals surface area contributed by atoms with E-state index in [1.54, 1.807) is 0 Å². The van der Waals surface area contributed by atoms with Gasteiger partial charge in [-0.25, -0.2) is 8.78 Å². The molecule has 1 rings (SSSR count). The molecule has 0 aliphatic carbocycles. The fourth-order valence-electron chi connectivity index (χ4n) is 1.56. The molecule has 0 aliphatic rings. The molecule has 0 aliphatic heterocycles. The van der Waals surface area contributed by atoms with E-state index in [4.69, 9.17) is 0 Å². The minimum Gasteiger partial charge on any atom is -0.393 e. The van der Waals surface area contributed by atoms with Gasteiger partial charge in [0.05, 0.1) is 6.10 Å². The minimum atomic E-state index is -0.858. The molecule has 2 unspecified atom stereocenters. The van der Waals surface area contributed by atoms with Gasteiger partial charge in [0.2, 0.25) is 0 Å². The Kier molecular flexibility index (Phi) is 4.21. The molecule has 0 amide bonds. The van der Waals surface area contributed by atoms with Gasteiger partial charge in [0.1, 0.15) is 0 Å². The summed E-state index contributed by atoms with van der Waals surface area (Å²) in [6.07, 6.45) is 1.04. The van der Waals surface area contributed by atoms with Crippen LogP contribution in [0.1, 0.15) is 38.2 Å². The van der Waals surface area contributed by atoms with Crippen molar-refractivity contribution in [3.8, 4) is 0 Å². The largest absolute Gasteiger partial charge is 0.393 e. The zero-order chi connectivity index (χ0) is 11.4. The monoisotopic (exact) mass is 214 g/mol. The molecule has 0 saturated heterocycles. The molecule has 0 heterocycles. The highest BCUT2D eigenvalue weighted by Gasteiger charge is 2.16. The molecule has 0 fully saturated rings. The fourth-order valence-corrected chi connectivity index (χ4v) is 1.56. The summed E-state index contributed by atoms with van der Waals surface area (Å²) in [5.41, 5.74) is 0.634. The number of halogens is 2. The normalized spacial score (nSPS) is 15.0. The molecule has 0 spiro atoms. The summed E-state index contributed by atoms with van der Waals surface area (Å²) in [5, 5.41) is 9.72. The summed E-state index contributed by atoms with van der Waals surface area (Å²) in [4.78, 5) is 0. The van der Waals surface area contributed by atoms with Crippen LogP contribution in [0.4, 0.5) is 8.78 Å². The minimum absolute atomic E-state index is 0.167. The topological polar surface area (TPSA) is 20.2 Å². The molecule has 1 nitrogen and oxygen atoms in total. The molecular weight excluding hydrogens is 198 g/mol. The van der Waals surface area contributed by atoms with E-state index in [1.807, 2.05) is 13.8 Å². The number of rotatable bonds is 4. The van der Waals surface area contributed by atoms with E-state index in [0.29, 0.717) is 12.0 Å². The number of aliphatic hydroxyl groups is 1. The Morgan fingerprint density at radius 1 is 1.27 bits per heavy atom. The van der Waals surface area contributed by atoms with Crippen molar-refractivity contribution in [2.24, 2.45) is 0 Å². The molecule has 0 saturated carbocycles. The van der Waals surface area contributed by atoms with Gasteiger partial charge in [0.15, 0.2) is 11.6 Å². The Labute approximate surface area is 88.7 Å². The fraction of sp³-hybridized carbons (Fsp3) is 0.500. The van der Waals surface area contributed by atoms with Crippen LogP contribution < -0.4 is 0 Å². The van der Waals surface area contributed by atoms with Crippen molar-refractivity contribution in [3.05, 3.63) is 35.4 Å². The Bertz CT molecular complexity index is 325. The quantitative estimate of drug-likeness (QED) is 0.815. The van der Waals surface area contributed by atoms with Crippen molar-refractivity contribution in [1.29, 1.82) is 0 Å². The van der Waals surface area contributed by atoms with Gasteiger partial charge in [-0.1, -0.05) is 26.3 Å². The van der Waals surface area contributed by atoms with Crippen molar-refractivity contribution in [2.75, 3.05) is 0 Å². The summed E-state index contributed by atoms with van der Waals surface area (Å²) in [7, 11) is 0. The van der Waals surface area contributed by atoms with Crippen molar-refractivity contribution in [1.82, 2.24) is 0 Å². The third-order valence-corrected chi connectivity index (χ3v) is 2.63. The van der Waals surface area contributed by atoms with Crippen LogP contribution in [0, 0.1) is 11.6 Å². The Morgan fingerprint density at radius 2 is 1.93 bits per heavy atom. The highest BCUT2D eigenvalue weighted by molar-refractivity contribution is 5.22. The van der Waals surface area contributed by atoms with Crippen LogP contribution in [-0.4, -0.2) is 11.2 Å². The van der Waals surface area contributed by atoms with E-state index in [-0.39, 0.29) is 5.92 Å². The average molecular weight is 214 g/mol. The molecule has 0 aromatic heterocycles. The van der Waals surface area contributed by atoms with Gasteiger partial charge >= 0.3 is 0 Å². The molecule has 15 heavy (non-hydrogen) atoms. The van der Waals surface area contributed by atoms with Crippen LogP contribution in [-0.2, 0) is 0 Å². The van der Waals surface area contributed by atoms with E-state index in [0.717, 1.165) is 18.6 Å². The molecule has 1 aromatic carbocycles. The first-order valence-electron chi connectivity index (χ1n) is 5.19. The molecule has 2 atom stereocenters. The second kappa shape index (κ2) is 5.21. The predicted octanol–water partition coefficient (Wildman–Crippen LogP) is 3.23.